The van der Waals surface area contributed by atoms with Crippen LogP contribution in [0, 0.1) is 6.92 Å². The van der Waals surface area contributed by atoms with Crippen LogP contribution >= 0.6 is 0 Å². The summed E-state index contributed by atoms with van der Waals surface area (Å²) in [4.78, 5) is 8.17. The lowest BCUT2D eigenvalue weighted by Gasteiger charge is -2.08. The predicted molar refractivity (Wildman–Crippen MR) is 77.9 cm³/mol. The van der Waals surface area contributed by atoms with Crippen LogP contribution in [0.25, 0.3) is 0 Å². The smallest absolute Gasteiger partial charge is 0.129 e. The molecule has 2 rings (SSSR count). The van der Waals surface area contributed by atoms with Gasteiger partial charge in [0.2, 0.25) is 0 Å². The minimum Gasteiger partial charge on any atom is -0.497 e. The summed E-state index contributed by atoms with van der Waals surface area (Å²) in [6.45, 7) is 3.83. The van der Waals surface area contributed by atoms with Gasteiger partial charge in [0.1, 0.15) is 17.9 Å². The minimum atomic E-state index is 0.571. The van der Waals surface area contributed by atoms with Gasteiger partial charge in [-0.3, -0.25) is 0 Å². The fourth-order valence-corrected chi connectivity index (χ4v) is 1.75. The Bertz CT molecular complexity index is 546. The van der Waals surface area contributed by atoms with E-state index >= 15 is 0 Å². The van der Waals surface area contributed by atoms with E-state index in [1.54, 1.807) is 13.4 Å². The number of rotatable bonds is 7. The van der Waals surface area contributed by atoms with Crippen molar-refractivity contribution in [3.8, 4) is 5.75 Å². The molecule has 0 bridgehead atoms. The molecule has 0 atom stereocenters. The molecule has 1 aromatic carbocycles. The second-order valence-corrected chi connectivity index (χ2v) is 4.38. The lowest BCUT2D eigenvalue weighted by molar-refractivity contribution is 0.130. The van der Waals surface area contributed by atoms with Crippen LogP contribution < -0.4 is 10.1 Å². The van der Waals surface area contributed by atoms with Crippen LogP contribution in [0.2, 0.25) is 0 Å². The Morgan fingerprint density at radius 3 is 2.90 bits per heavy atom. The van der Waals surface area contributed by atoms with Crippen molar-refractivity contribution in [3.05, 3.63) is 47.9 Å². The standard InChI is InChI=1S/C15H19N3O2/c1-12-8-15(18-11-17-12)16-6-7-20-10-13-4-3-5-14(9-13)19-2/h3-5,8-9,11H,6-7,10H2,1-2H3,(H,16,17,18). The number of benzene rings is 1. The molecule has 5 nitrogen and oxygen atoms in total. The van der Waals surface area contributed by atoms with E-state index in [1.165, 1.54) is 0 Å². The fraction of sp³-hybridized carbons (Fsp3) is 0.333. The number of aromatic nitrogens is 2. The van der Waals surface area contributed by atoms with Gasteiger partial charge in [-0.1, -0.05) is 12.1 Å². The van der Waals surface area contributed by atoms with Gasteiger partial charge in [-0.05, 0) is 24.6 Å². The highest BCUT2D eigenvalue weighted by molar-refractivity contribution is 5.34. The van der Waals surface area contributed by atoms with Crippen molar-refractivity contribution < 1.29 is 9.47 Å². The second kappa shape index (κ2) is 7.45. The van der Waals surface area contributed by atoms with Crippen LogP contribution in [0.15, 0.2) is 36.7 Å². The summed E-state index contributed by atoms with van der Waals surface area (Å²) in [6.07, 6.45) is 1.55. The van der Waals surface area contributed by atoms with E-state index in [4.69, 9.17) is 9.47 Å². The van der Waals surface area contributed by atoms with Crippen molar-refractivity contribution in [2.24, 2.45) is 0 Å². The molecule has 1 N–H and O–H groups in total. The van der Waals surface area contributed by atoms with E-state index in [2.05, 4.69) is 15.3 Å². The molecular weight excluding hydrogens is 254 g/mol. The molecular formula is C15H19N3O2. The predicted octanol–water partition coefficient (Wildman–Crippen LogP) is 2.42. The lowest BCUT2D eigenvalue weighted by atomic mass is 10.2. The van der Waals surface area contributed by atoms with Crippen molar-refractivity contribution in [1.29, 1.82) is 0 Å². The van der Waals surface area contributed by atoms with Gasteiger partial charge in [-0.2, -0.15) is 0 Å². The van der Waals surface area contributed by atoms with E-state index in [1.807, 2.05) is 37.3 Å². The highest BCUT2D eigenvalue weighted by Gasteiger charge is 1.97. The number of hydrogen-bond donors (Lipinski definition) is 1. The van der Waals surface area contributed by atoms with Gasteiger partial charge in [0.15, 0.2) is 0 Å². The Hall–Kier alpha value is -2.14. The summed E-state index contributed by atoms with van der Waals surface area (Å²) in [5.41, 5.74) is 2.04. The first kappa shape index (κ1) is 14.3. The van der Waals surface area contributed by atoms with Crippen molar-refractivity contribution in [1.82, 2.24) is 9.97 Å². The first-order valence-corrected chi connectivity index (χ1v) is 6.51. The highest BCUT2D eigenvalue weighted by Crippen LogP contribution is 2.13. The minimum absolute atomic E-state index is 0.571. The Morgan fingerprint density at radius 2 is 2.10 bits per heavy atom. The van der Waals surface area contributed by atoms with E-state index in [9.17, 15) is 0 Å². The molecule has 20 heavy (non-hydrogen) atoms. The molecule has 5 heteroatoms. The average molecular weight is 273 g/mol. The average Bonchev–Trinajstić information content (AvgIpc) is 2.47. The number of nitrogens with one attached hydrogen (secondary N) is 1. The Kier molecular flexibility index (Phi) is 5.32. The zero-order valence-electron chi connectivity index (χ0n) is 11.8. The van der Waals surface area contributed by atoms with Crippen molar-refractivity contribution in [2.75, 3.05) is 25.6 Å². The zero-order chi connectivity index (χ0) is 14.2. The second-order valence-electron chi connectivity index (χ2n) is 4.38. The third-order valence-electron chi connectivity index (χ3n) is 2.76. The number of methoxy groups -OCH3 is 1. The van der Waals surface area contributed by atoms with E-state index in [0.717, 1.165) is 22.8 Å². The molecule has 0 radical (unpaired) electrons. The van der Waals surface area contributed by atoms with Gasteiger partial charge in [0.05, 0.1) is 20.3 Å². The molecule has 0 aliphatic carbocycles. The Morgan fingerprint density at radius 1 is 1.20 bits per heavy atom. The third kappa shape index (κ3) is 4.51. The maximum absolute atomic E-state index is 5.61. The summed E-state index contributed by atoms with van der Waals surface area (Å²) in [5, 5.41) is 3.19. The summed E-state index contributed by atoms with van der Waals surface area (Å²) < 4.78 is 10.8. The molecule has 0 amide bonds. The summed E-state index contributed by atoms with van der Waals surface area (Å²) in [6, 6.07) is 9.77. The van der Waals surface area contributed by atoms with Crippen LogP contribution in [-0.4, -0.2) is 30.2 Å². The maximum Gasteiger partial charge on any atom is 0.129 e. The number of anilines is 1. The van der Waals surface area contributed by atoms with Gasteiger partial charge < -0.3 is 14.8 Å². The third-order valence-corrected chi connectivity index (χ3v) is 2.76. The fourth-order valence-electron chi connectivity index (χ4n) is 1.75. The van der Waals surface area contributed by atoms with Crippen molar-refractivity contribution >= 4 is 5.82 Å². The molecule has 0 spiro atoms. The summed E-state index contributed by atoms with van der Waals surface area (Å²) in [7, 11) is 1.66. The molecule has 1 heterocycles. The monoisotopic (exact) mass is 273 g/mol. The highest BCUT2D eigenvalue weighted by atomic mass is 16.5. The first-order chi connectivity index (χ1) is 9.78. The van der Waals surface area contributed by atoms with Gasteiger partial charge in [-0.15, -0.1) is 0 Å². The quantitative estimate of drug-likeness (QED) is 0.785. The molecule has 0 unspecified atom stereocenters. The Balaban J connectivity index is 1.68. The van der Waals surface area contributed by atoms with Gasteiger partial charge >= 0.3 is 0 Å². The van der Waals surface area contributed by atoms with E-state index in [0.29, 0.717) is 19.8 Å². The van der Waals surface area contributed by atoms with Crippen molar-refractivity contribution in [3.63, 3.8) is 0 Å². The molecule has 1 aromatic heterocycles. The summed E-state index contributed by atoms with van der Waals surface area (Å²) >= 11 is 0. The van der Waals surface area contributed by atoms with Crippen LogP contribution in [0.1, 0.15) is 11.3 Å². The van der Waals surface area contributed by atoms with Gasteiger partial charge in [0.25, 0.3) is 0 Å². The van der Waals surface area contributed by atoms with E-state index in [-0.39, 0.29) is 0 Å². The van der Waals surface area contributed by atoms with E-state index < -0.39 is 0 Å². The number of aryl methyl sites for hydroxylation is 1. The number of ether oxygens (including phenoxy) is 2. The van der Waals surface area contributed by atoms with Gasteiger partial charge in [-0.25, -0.2) is 9.97 Å². The summed E-state index contributed by atoms with van der Waals surface area (Å²) in [5.74, 6) is 1.67. The van der Waals surface area contributed by atoms with Crippen LogP contribution in [-0.2, 0) is 11.3 Å². The molecule has 0 aliphatic heterocycles. The number of nitrogens with zero attached hydrogens (tertiary/aromatic N) is 2. The molecule has 0 aliphatic rings. The molecule has 0 fully saturated rings. The number of hydrogen-bond acceptors (Lipinski definition) is 5. The normalized spacial score (nSPS) is 10.3. The molecule has 106 valence electrons. The topological polar surface area (TPSA) is 56.3 Å². The Labute approximate surface area is 119 Å². The van der Waals surface area contributed by atoms with Crippen LogP contribution in [0.3, 0.4) is 0 Å². The molecule has 0 saturated carbocycles. The largest absolute Gasteiger partial charge is 0.497 e. The molecule has 2 aromatic rings. The van der Waals surface area contributed by atoms with Gasteiger partial charge in [0, 0.05) is 18.3 Å². The molecule has 0 saturated heterocycles. The SMILES string of the molecule is COc1cccc(COCCNc2cc(C)ncn2)c1. The zero-order valence-corrected chi connectivity index (χ0v) is 11.8. The lowest BCUT2D eigenvalue weighted by Crippen LogP contribution is -2.10. The van der Waals surface area contributed by atoms with Crippen molar-refractivity contribution in [2.45, 2.75) is 13.5 Å². The maximum atomic E-state index is 5.61. The van der Waals surface area contributed by atoms with Crippen LogP contribution in [0.5, 0.6) is 5.75 Å². The van der Waals surface area contributed by atoms with Crippen LogP contribution in [0.4, 0.5) is 5.82 Å². The first-order valence-electron chi connectivity index (χ1n) is 6.51.